The molecule has 1 nitrogen and oxygen atoms in total. The van der Waals surface area contributed by atoms with Gasteiger partial charge in [-0.3, -0.25) is 0 Å². The number of hydrogen-bond acceptors (Lipinski definition) is 0. The van der Waals surface area contributed by atoms with Crippen molar-refractivity contribution in [2.45, 2.75) is 0 Å². The summed E-state index contributed by atoms with van der Waals surface area (Å²) in [4.78, 5) is 0. The molecule has 0 spiro atoms. The molecule has 0 aromatic rings. The van der Waals surface area contributed by atoms with Crippen LogP contribution >= 0.6 is 25.1 Å². The predicted octanol–water partition coefficient (Wildman–Crippen LogP) is -0.206. The first kappa shape index (κ1) is 17.4. The molecule has 28 valence electrons. The van der Waals surface area contributed by atoms with Gasteiger partial charge in [0.05, 0.1) is 0 Å². The Morgan fingerprint density at radius 3 is 1.25 bits per heavy atom. The number of halogens is 2. The maximum atomic E-state index is 4.45. The van der Waals surface area contributed by atoms with Crippen LogP contribution in [0.25, 0.3) is 0 Å². The van der Waals surface area contributed by atoms with Crippen LogP contribution in [0.2, 0.25) is 0 Å². The van der Waals surface area contributed by atoms with E-state index in [1.807, 2.05) is 0 Å². The van der Waals surface area contributed by atoms with Crippen LogP contribution in [0, 0.1) is 0 Å². The molecule has 0 aliphatic heterocycles. The van der Waals surface area contributed by atoms with Gasteiger partial charge in [0, 0.05) is 15.0 Å². The van der Waals surface area contributed by atoms with Crippen molar-refractivity contribution in [2.75, 3.05) is 0 Å². The number of hydrogen-bond donors (Lipinski definition) is 0. The fourth-order valence-electron chi connectivity index (χ4n) is 0. The van der Waals surface area contributed by atoms with Crippen molar-refractivity contribution in [3.05, 3.63) is 0 Å². The molecule has 0 amide bonds. The van der Waals surface area contributed by atoms with E-state index in [0.29, 0.717) is 0 Å². The molecule has 2 radical (unpaired) electrons. The molecule has 0 aromatic heterocycles. The average molecular weight is 343 g/mol. The summed E-state index contributed by atoms with van der Waals surface area (Å²) < 4.78 is 0. The van der Waals surface area contributed by atoms with Crippen LogP contribution in [0.5, 0.6) is 0 Å². The molecule has 0 heterocycles. The topological polar surface area (TPSA) is 31.5 Å². The van der Waals surface area contributed by atoms with E-state index < -0.39 is 0 Å². The van der Waals surface area contributed by atoms with E-state index in [0.717, 1.165) is 0 Å². The van der Waals surface area contributed by atoms with Gasteiger partial charge in [-0.1, -0.05) is 0 Å². The zero-order chi connectivity index (χ0) is 2.00. The summed E-state index contributed by atoms with van der Waals surface area (Å²) in [6.45, 7) is 0. The van der Waals surface area contributed by atoms with E-state index in [1.54, 1.807) is 0 Å². The van der Waals surface area contributed by atoms with Gasteiger partial charge in [-0.15, -0.1) is 0 Å². The first-order valence-corrected chi connectivity index (χ1v) is 2.23. The Bertz CT molecular complexity index is 8.00. The van der Waals surface area contributed by atoms with Crippen LogP contribution in [0.1, 0.15) is 0 Å². The van der Waals surface area contributed by atoms with Crippen molar-refractivity contribution in [1.82, 2.24) is 0 Å². The Hall–Kier alpha value is 1.65. The molecule has 0 rings (SSSR count). The zero-order valence-electron chi connectivity index (χ0n) is 1.96. The molecule has 0 aromatic carbocycles. The second-order valence-electron chi connectivity index (χ2n) is 0. The SMILES string of the molecule is ClBr.O.[PbH2]. The fourth-order valence-corrected chi connectivity index (χ4v) is 0. The summed E-state index contributed by atoms with van der Waals surface area (Å²) >= 11 is 2.41. The van der Waals surface area contributed by atoms with Crippen LogP contribution in [-0.2, 0) is 0 Å². The Balaban J connectivity index is -0.00000000500. The van der Waals surface area contributed by atoms with Gasteiger partial charge in [-0.05, 0) is 10.1 Å². The van der Waals surface area contributed by atoms with E-state index in [-0.39, 0.29) is 32.8 Å². The molecule has 4 heavy (non-hydrogen) atoms. The Labute approximate surface area is 57.5 Å². The Morgan fingerprint density at radius 2 is 1.25 bits per heavy atom. The van der Waals surface area contributed by atoms with E-state index in [1.165, 1.54) is 0 Å². The molecule has 0 fully saturated rings. The fraction of sp³-hybridized carbons (Fsp3) is 0. The third-order valence-electron chi connectivity index (χ3n) is 0. The van der Waals surface area contributed by atoms with E-state index in [4.69, 9.17) is 0 Å². The second-order valence-corrected chi connectivity index (χ2v) is 0. The van der Waals surface area contributed by atoms with Gasteiger partial charge in [-0.2, -0.15) is 0 Å². The van der Waals surface area contributed by atoms with Crippen LogP contribution in [0.4, 0.5) is 0 Å². The molecule has 0 unspecified atom stereocenters. The van der Waals surface area contributed by atoms with Crippen molar-refractivity contribution < 1.29 is 5.48 Å². The van der Waals surface area contributed by atoms with Crippen molar-refractivity contribution in [1.29, 1.82) is 0 Å². The Kier molecular flexibility index (Phi) is 98.8. The molecule has 0 saturated carbocycles. The summed E-state index contributed by atoms with van der Waals surface area (Å²) in [6, 6.07) is 0. The molecule has 0 atom stereocenters. The third-order valence-corrected chi connectivity index (χ3v) is 0. The molecule has 0 saturated heterocycles. The first-order valence-electron chi connectivity index (χ1n) is 0.143. The number of rotatable bonds is 0. The van der Waals surface area contributed by atoms with Crippen molar-refractivity contribution in [2.24, 2.45) is 0 Å². The zero-order valence-corrected chi connectivity index (χ0v) is 9.80. The minimum atomic E-state index is 0. The molecule has 2 N–H and O–H groups in total. The van der Waals surface area contributed by atoms with E-state index in [2.05, 4.69) is 25.1 Å². The van der Waals surface area contributed by atoms with Crippen LogP contribution < -0.4 is 0 Å². The standard InChI is InChI=1S/BrCl.H2O.Pb.2H/c1-2;;;;/h;1H2;;;. The molecule has 0 aliphatic carbocycles. The van der Waals surface area contributed by atoms with Gasteiger partial charge in [0.15, 0.2) is 0 Å². The van der Waals surface area contributed by atoms with Gasteiger partial charge < -0.3 is 5.48 Å². The van der Waals surface area contributed by atoms with Gasteiger partial charge in [0.25, 0.3) is 0 Å². The second kappa shape index (κ2) is 22.7. The third kappa shape index (κ3) is 9.41. The molecule has 0 bridgehead atoms. The molecular weight excluding hydrogens is 339 g/mol. The first-order chi connectivity index (χ1) is 1.00. The summed E-state index contributed by atoms with van der Waals surface area (Å²) in [5.74, 6) is 0. The summed E-state index contributed by atoms with van der Waals surface area (Å²) in [7, 11) is 4.45. The summed E-state index contributed by atoms with van der Waals surface area (Å²) in [5, 5.41) is 0. The maximum absolute atomic E-state index is 4.45. The molecule has 0 aliphatic rings. The van der Waals surface area contributed by atoms with Crippen molar-refractivity contribution in [3.8, 4) is 0 Å². The predicted molar refractivity (Wildman–Crippen MR) is 26.9 cm³/mol. The van der Waals surface area contributed by atoms with Crippen molar-refractivity contribution in [3.63, 3.8) is 0 Å². The van der Waals surface area contributed by atoms with Crippen LogP contribution in [0.3, 0.4) is 0 Å². The normalized spacial score (nSPS) is 1.50. The minimum absolute atomic E-state index is 0. The van der Waals surface area contributed by atoms with Crippen molar-refractivity contribution >= 4 is 52.4 Å². The monoisotopic (exact) mass is 342 g/mol. The molecular formula is H4BrClOPb. The van der Waals surface area contributed by atoms with Crippen LogP contribution in [0.15, 0.2) is 0 Å². The van der Waals surface area contributed by atoms with E-state index in [9.17, 15) is 0 Å². The van der Waals surface area contributed by atoms with Gasteiger partial charge in [0.2, 0.25) is 0 Å². The van der Waals surface area contributed by atoms with Gasteiger partial charge >= 0.3 is 27.3 Å². The van der Waals surface area contributed by atoms with Crippen LogP contribution in [-0.4, -0.2) is 32.8 Å². The molecule has 4 heteroatoms. The van der Waals surface area contributed by atoms with Gasteiger partial charge in [-0.25, -0.2) is 0 Å². The van der Waals surface area contributed by atoms with E-state index >= 15 is 0 Å². The Morgan fingerprint density at radius 1 is 1.25 bits per heavy atom. The summed E-state index contributed by atoms with van der Waals surface area (Å²) in [6.07, 6.45) is 0. The quantitative estimate of drug-likeness (QED) is 0.546. The average Bonchev–Trinajstić information content (AvgIpc) is 1.00. The summed E-state index contributed by atoms with van der Waals surface area (Å²) in [5.41, 5.74) is 0. The van der Waals surface area contributed by atoms with Gasteiger partial charge in [0.1, 0.15) is 0 Å².